The van der Waals surface area contributed by atoms with Gasteiger partial charge in [0.25, 0.3) is 0 Å². The van der Waals surface area contributed by atoms with Crippen LogP contribution in [0.2, 0.25) is 0 Å². The molecule has 1 aliphatic carbocycles. The van der Waals surface area contributed by atoms with Crippen LogP contribution in [-0.4, -0.2) is 29.9 Å². The van der Waals surface area contributed by atoms with Crippen LogP contribution < -0.4 is 0 Å². The van der Waals surface area contributed by atoms with Crippen LogP contribution >= 0.6 is 0 Å². The van der Waals surface area contributed by atoms with Crippen molar-refractivity contribution < 1.29 is 23.9 Å². The molecule has 0 bridgehead atoms. The molecule has 0 amide bonds. The van der Waals surface area contributed by atoms with Crippen LogP contribution in [0.15, 0.2) is 54.6 Å². The van der Waals surface area contributed by atoms with Gasteiger partial charge in [0.1, 0.15) is 18.0 Å². The SMILES string of the molecule is CCCCCCCC(=O)CCC1C(OC(=O)c2ccc(-c3ccccc3)cc2)CC2OC(=O)CC21. The first kappa shape index (κ1) is 25.2. The molecule has 2 fully saturated rings. The molecule has 186 valence electrons. The summed E-state index contributed by atoms with van der Waals surface area (Å²) in [6, 6.07) is 17.4. The lowest BCUT2D eigenvalue weighted by Crippen LogP contribution is -2.26. The smallest absolute Gasteiger partial charge is 0.338 e. The summed E-state index contributed by atoms with van der Waals surface area (Å²) in [4.78, 5) is 37.3. The lowest BCUT2D eigenvalue weighted by molar-refractivity contribution is -0.141. The maximum Gasteiger partial charge on any atom is 0.338 e. The van der Waals surface area contributed by atoms with Gasteiger partial charge in [-0.25, -0.2) is 4.79 Å². The fourth-order valence-electron chi connectivity index (χ4n) is 5.51. The Morgan fingerprint density at radius 3 is 2.37 bits per heavy atom. The second-order valence-electron chi connectivity index (χ2n) is 9.92. The molecule has 1 aliphatic heterocycles. The summed E-state index contributed by atoms with van der Waals surface area (Å²) in [5.74, 6) is -0.292. The third-order valence-electron chi connectivity index (χ3n) is 7.46. The monoisotopic (exact) mass is 476 g/mol. The zero-order valence-corrected chi connectivity index (χ0v) is 20.6. The first-order valence-corrected chi connectivity index (χ1v) is 13.1. The summed E-state index contributed by atoms with van der Waals surface area (Å²) in [7, 11) is 0. The molecule has 1 saturated heterocycles. The van der Waals surface area contributed by atoms with E-state index < -0.39 is 0 Å². The second kappa shape index (κ2) is 12.1. The highest BCUT2D eigenvalue weighted by Crippen LogP contribution is 2.45. The molecule has 4 rings (SSSR count). The van der Waals surface area contributed by atoms with E-state index in [1.807, 2.05) is 42.5 Å². The molecule has 5 nitrogen and oxygen atoms in total. The second-order valence-corrected chi connectivity index (χ2v) is 9.92. The number of fused-ring (bicyclic) bond motifs is 1. The van der Waals surface area contributed by atoms with Gasteiger partial charge < -0.3 is 9.47 Å². The van der Waals surface area contributed by atoms with Gasteiger partial charge in [0.05, 0.1) is 12.0 Å². The Bertz CT molecular complexity index is 997. The molecule has 1 saturated carbocycles. The number of ketones is 1. The number of Topliss-reactive ketones (excluding diaryl/α,β-unsaturated/α-hetero) is 1. The summed E-state index contributed by atoms with van der Waals surface area (Å²) < 4.78 is 11.4. The molecule has 2 aromatic carbocycles. The van der Waals surface area contributed by atoms with Crippen molar-refractivity contribution in [1.82, 2.24) is 0 Å². The number of benzene rings is 2. The predicted molar refractivity (Wildman–Crippen MR) is 135 cm³/mol. The van der Waals surface area contributed by atoms with Gasteiger partial charge in [-0.3, -0.25) is 9.59 Å². The minimum Gasteiger partial charge on any atom is -0.462 e. The van der Waals surface area contributed by atoms with Crippen LogP contribution in [-0.2, 0) is 19.1 Å². The average Bonchev–Trinajstić information content (AvgIpc) is 3.38. The van der Waals surface area contributed by atoms with Crippen molar-refractivity contribution in [3.63, 3.8) is 0 Å². The number of esters is 2. The predicted octanol–water partition coefficient (Wildman–Crippen LogP) is 6.54. The van der Waals surface area contributed by atoms with Crippen molar-refractivity contribution in [1.29, 1.82) is 0 Å². The molecule has 1 heterocycles. The van der Waals surface area contributed by atoms with E-state index in [0.717, 1.165) is 24.0 Å². The van der Waals surface area contributed by atoms with Crippen LogP contribution in [0.5, 0.6) is 0 Å². The largest absolute Gasteiger partial charge is 0.462 e. The molecular formula is C30H36O5. The van der Waals surface area contributed by atoms with E-state index in [1.54, 1.807) is 12.1 Å². The van der Waals surface area contributed by atoms with E-state index in [4.69, 9.17) is 9.47 Å². The van der Waals surface area contributed by atoms with Gasteiger partial charge in [-0.2, -0.15) is 0 Å². The maximum atomic E-state index is 12.9. The highest BCUT2D eigenvalue weighted by atomic mass is 16.6. The minimum absolute atomic E-state index is 0.0250. The molecule has 0 spiro atoms. The summed E-state index contributed by atoms with van der Waals surface area (Å²) in [5, 5.41) is 0. The van der Waals surface area contributed by atoms with Crippen LogP contribution in [0.25, 0.3) is 11.1 Å². The van der Waals surface area contributed by atoms with Crippen molar-refractivity contribution in [2.24, 2.45) is 11.8 Å². The molecule has 4 unspecified atom stereocenters. The van der Waals surface area contributed by atoms with Crippen LogP contribution in [0.3, 0.4) is 0 Å². The zero-order chi connectivity index (χ0) is 24.6. The fourth-order valence-corrected chi connectivity index (χ4v) is 5.51. The van der Waals surface area contributed by atoms with E-state index in [1.165, 1.54) is 19.3 Å². The van der Waals surface area contributed by atoms with Gasteiger partial charge in [0.15, 0.2) is 0 Å². The van der Waals surface area contributed by atoms with Gasteiger partial charge >= 0.3 is 11.9 Å². The molecular weight excluding hydrogens is 440 g/mol. The number of ether oxygens (including phenoxy) is 2. The topological polar surface area (TPSA) is 69.7 Å². The average molecular weight is 477 g/mol. The standard InChI is InChI=1S/C30H36O5/c1-2-3-4-5-9-12-24(31)17-18-25-26-19-29(32)34-28(26)20-27(25)35-30(33)23-15-13-22(14-16-23)21-10-7-6-8-11-21/h6-8,10-11,13-16,25-28H,2-5,9,12,17-20H2,1H3. The quantitative estimate of drug-likeness (QED) is 0.257. The third kappa shape index (κ3) is 6.59. The summed E-state index contributed by atoms with van der Waals surface area (Å²) >= 11 is 0. The molecule has 0 radical (unpaired) electrons. The molecule has 2 aromatic rings. The lowest BCUT2D eigenvalue weighted by Gasteiger charge is -2.23. The minimum atomic E-state index is -0.367. The van der Waals surface area contributed by atoms with E-state index >= 15 is 0 Å². The first-order chi connectivity index (χ1) is 17.0. The van der Waals surface area contributed by atoms with Crippen LogP contribution in [0.4, 0.5) is 0 Å². The number of rotatable bonds is 12. The van der Waals surface area contributed by atoms with Gasteiger partial charge in [-0.05, 0) is 36.1 Å². The fraction of sp³-hybridized carbons (Fsp3) is 0.500. The maximum absolute atomic E-state index is 12.9. The Balaban J connectivity index is 1.34. The van der Waals surface area contributed by atoms with Crippen LogP contribution in [0, 0.1) is 11.8 Å². The van der Waals surface area contributed by atoms with E-state index in [2.05, 4.69) is 6.92 Å². The number of unbranched alkanes of at least 4 members (excludes halogenated alkanes) is 4. The Morgan fingerprint density at radius 2 is 1.63 bits per heavy atom. The Labute approximate surface area is 208 Å². The number of hydrogen-bond acceptors (Lipinski definition) is 5. The van der Waals surface area contributed by atoms with Gasteiger partial charge in [0, 0.05) is 31.1 Å². The van der Waals surface area contributed by atoms with E-state index in [-0.39, 0.29) is 41.8 Å². The Kier molecular flexibility index (Phi) is 8.73. The molecule has 0 aromatic heterocycles. The van der Waals surface area contributed by atoms with Crippen molar-refractivity contribution >= 4 is 17.7 Å². The van der Waals surface area contributed by atoms with Crippen molar-refractivity contribution in [3.05, 3.63) is 60.2 Å². The normalized spacial score (nSPS) is 23.1. The summed E-state index contributed by atoms with van der Waals surface area (Å²) in [6.07, 6.45) is 7.65. The summed E-state index contributed by atoms with van der Waals surface area (Å²) in [6.45, 7) is 2.18. The molecule has 4 atom stereocenters. The first-order valence-electron chi connectivity index (χ1n) is 13.1. The van der Waals surface area contributed by atoms with Crippen molar-refractivity contribution in [3.8, 4) is 11.1 Å². The summed E-state index contributed by atoms with van der Waals surface area (Å²) in [5.41, 5.74) is 2.63. The van der Waals surface area contributed by atoms with Crippen molar-refractivity contribution in [2.45, 2.75) is 83.3 Å². The number of hydrogen-bond donors (Lipinski definition) is 0. The third-order valence-corrected chi connectivity index (χ3v) is 7.46. The van der Waals surface area contributed by atoms with Gasteiger partial charge in [-0.15, -0.1) is 0 Å². The molecule has 5 heteroatoms. The number of carbonyl (C=O) groups is 3. The van der Waals surface area contributed by atoms with E-state index in [0.29, 0.717) is 37.7 Å². The van der Waals surface area contributed by atoms with Crippen LogP contribution in [0.1, 0.15) is 81.5 Å². The zero-order valence-electron chi connectivity index (χ0n) is 20.6. The van der Waals surface area contributed by atoms with Gasteiger partial charge in [0.2, 0.25) is 0 Å². The molecule has 35 heavy (non-hydrogen) atoms. The lowest BCUT2D eigenvalue weighted by atomic mass is 9.87. The highest BCUT2D eigenvalue weighted by molar-refractivity contribution is 5.90. The van der Waals surface area contributed by atoms with Gasteiger partial charge in [-0.1, -0.05) is 75.1 Å². The van der Waals surface area contributed by atoms with Crippen molar-refractivity contribution in [2.75, 3.05) is 0 Å². The van der Waals surface area contributed by atoms with E-state index in [9.17, 15) is 14.4 Å². The molecule has 0 N–H and O–H groups in total. The Morgan fingerprint density at radius 1 is 0.914 bits per heavy atom. The highest BCUT2D eigenvalue weighted by Gasteiger charge is 2.51. The molecule has 2 aliphatic rings. The Hall–Kier alpha value is -2.95. The number of carbonyl (C=O) groups excluding carboxylic acids is 3.